The van der Waals surface area contributed by atoms with Gasteiger partial charge in [0.15, 0.2) is 6.10 Å². The minimum atomic E-state index is -0.555. The molecule has 0 aromatic heterocycles. The Morgan fingerprint density at radius 2 is 2.43 bits per heavy atom. The first-order valence-corrected chi connectivity index (χ1v) is 7.26. The monoisotopic (exact) mass is 308 g/mol. The maximum atomic E-state index is 11.7. The average molecular weight is 309 g/mol. The van der Waals surface area contributed by atoms with Crippen LogP contribution in [0.4, 0.5) is 5.69 Å². The molecule has 5 nitrogen and oxygen atoms in total. The summed E-state index contributed by atoms with van der Waals surface area (Å²) in [7, 11) is 0. The molecule has 112 valence electrons. The van der Waals surface area contributed by atoms with Gasteiger partial charge in [0.25, 0.3) is 0 Å². The molecule has 0 spiro atoms. The first kappa shape index (κ1) is 15.6. The van der Waals surface area contributed by atoms with Crippen molar-refractivity contribution in [2.75, 3.05) is 18.5 Å². The van der Waals surface area contributed by atoms with E-state index in [9.17, 15) is 4.79 Å². The molecule has 1 aromatic carbocycles. The van der Waals surface area contributed by atoms with E-state index in [1.807, 2.05) is 0 Å². The van der Waals surface area contributed by atoms with Crippen molar-refractivity contribution >= 4 is 23.3 Å². The second-order valence-corrected chi connectivity index (χ2v) is 5.22. The van der Waals surface area contributed by atoms with Crippen LogP contribution in [0.1, 0.15) is 25.3 Å². The van der Waals surface area contributed by atoms with E-state index in [4.69, 9.17) is 26.3 Å². The number of anilines is 1. The highest BCUT2D eigenvalue weighted by atomic mass is 35.5. The minimum Gasteiger partial charge on any atom is -0.464 e. The van der Waals surface area contributed by atoms with E-state index >= 15 is 0 Å². The van der Waals surface area contributed by atoms with Crippen LogP contribution in [-0.2, 0) is 14.3 Å². The van der Waals surface area contributed by atoms with Crippen molar-refractivity contribution in [3.63, 3.8) is 0 Å². The van der Waals surface area contributed by atoms with Gasteiger partial charge in [-0.05, 0) is 31.5 Å². The number of hydrogen-bond donors (Lipinski definition) is 1. The Balaban J connectivity index is 2.04. The highest BCUT2D eigenvalue weighted by Gasteiger charge is 2.29. The second kappa shape index (κ2) is 7.30. The number of nitriles is 1. The Labute approximate surface area is 128 Å². The maximum absolute atomic E-state index is 11.7. The fraction of sp³-hybridized carbons (Fsp3) is 0.467. The Bertz CT molecular complexity index is 556. The summed E-state index contributed by atoms with van der Waals surface area (Å²) < 4.78 is 10.4. The zero-order valence-corrected chi connectivity index (χ0v) is 12.5. The number of ether oxygens (including phenoxy) is 2. The molecule has 1 saturated heterocycles. The van der Waals surface area contributed by atoms with Crippen molar-refractivity contribution in [3.05, 3.63) is 28.8 Å². The number of hydrogen-bond acceptors (Lipinski definition) is 5. The predicted octanol–water partition coefficient (Wildman–Crippen LogP) is 2.73. The highest BCUT2D eigenvalue weighted by molar-refractivity contribution is 6.30. The van der Waals surface area contributed by atoms with Crippen LogP contribution in [-0.4, -0.2) is 31.3 Å². The van der Waals surface area contributed by atoms with Crippen LogP contribution in [0.25, 0.3) is 0 Å². The van der Waals surface area contributed by atoms with Gasteiger partial charge < -0.3 is 14.8 Å². The molecule has 0 aliphatic carbocycles. The molecule has 0 radical (unpaired) electrons. The van der Waals surface area contributed by atoms with Crippen LogP contribution < -0.4 is 5.32 Å². The van der Waals surface area contributed by atoms with Crippen molar-refractivity contribution in [1.82, 2.24) is 0 Å². The summed E-state index contributed by atoms with van der Waals surface area (Å²) in [6.07, 6.45) is 0.713. The zero-order valence-electron chi connectivity index (χ0n) is 11.8. The van der Waals surface area contributed by atoms with Gasteiger partial charge in [0.2, 0.25) is 0 Å². The summed E-state index contributed by atoms with van der Waals surface area (Å²) >= 11 is 5.96. The third-order valence-corrected chi connectivity index (χ3v) is 3.53. The highest BCUT2D eigenvalue weighted by Crippen LogP contribution is 2.25. The molecule has 0 saturated carbocycles. The lowest BCUT2D eigenvalue weighted by molar-refractivity contribution is -0.159. The number of halogens is 1. The third kappa shape index (κ3) is 4.10. The summed E-state index contributed by atoms with van der Waals surface area (Å²) in [6.45, 7) is 2.58. The van der Waals surface area contributed by atoms with Crippen LogP contribution >= 0.6 is 11.6 Å². The van der Waals surface area contributed by atoms with Gasteiger partial charge in [0.05, 0.1) is 17.9 Å². The van der Waals surface area contributed by atoms with E-state index < -0.39 is 6.10 Å². The van der Waals surface area contributed by atoms with Gasteiger partial charge in [-0.1, -0.05) is 11.6 Å². The standard InChI is InChI=1S/C15H17ClN2O3/c1-2-20-15(19)14-8-12(5-6-21-14)18-13-7-11(16)4-3-10(13)9-17/h3-4,7,12,14,18H,2,5-6,8H2,1H3/t12-,14-/m0/s1. The number of carbonyl (C=O) groups excluding carboxylic acids is 1. The van der Waals surface area contributed by atoms with Gasteiger partial charge in [-0.25, -0.2) is 4.79 Å². The van der Waals surface area contributed by atoms with Crippen LogP contribution in [0.15, 0.2) is 18.2 Å². The quantitative estimate of drug-likeness (QED) is 0.866. The van der Waals surface area contributed by atoms with E-state index in [1.165, 1.54) is 0 Å². The number of nitrogens with zero attached hydrogens (tertiary/aromatic N) is 1. The normalized spacial score (nSPS) is 21.4. The third-order valence-electron chi connectivity index (χ3n) is 3.30. The van der Waals surface area contributed by atoms with Gasteiger partial charge in [-0.2, -0.15) is 5.26 Å². The smallest absolute Gasteiger partial charge is 0.335 e. The van der Waals surface area contributed by atoms with E-state index in [2.05, 4.69) is 11.4 Å². The molecule has 6 heteroatoms. The summed E-state index contributed by atoms with van der Waals surface area (Å²) in [6, 6.07) is 7.23. The molecule has 1 aliphatic heterocycles. The predicted molar refractivity (Wildman–Crippen MR) is 79.2 cm³/mol. The van der Waals surface area contributed by atoms with Gasteiger partial charge in [-0.3, -0.25) is 0 Å². The number of benzene rings is 1. The number of carbonyl (C=O) groups is 1. The summed E-state index contributed by atoms with van der Waals surface area (Å²) in [5.41, 5.74) is 1.21. The van der Waals surface area contributed by atoms with Crippen LogP contribution in [0, 0.1) is 11.3 Å². The molecule has 2 rings (SSSR count). The van der Waals surface area contributed by atoms with Crippen molar-refractivity contribution in [2.24, 2.45) is 0 Å². The largest absolute Gasteiger partial charge is 0.464 e. The average Bonchev–Trinajstić information content (AvgIpc) is 2.48. The topological polar surface area (TPSA) is 71.3 Å². The Morgan fingerprint density at radius 1 is 1.62 bits per heavy atom. The Hall–Kier alpha value is -1.77. The summed E-state index contributed by atoms with van der Waals surface area (Å²) in [4.78, 5) is 11.7. The van der Waals surface area contributed by atoms with Gasteiger partial charge in [0.1, 0.15) is 6.07 Å². The Morgan fingerprint density at radius 3 is 3.14 bits per heavy atom. The van der Waals surface area contributed by atoms with E-state index in [-0.39, 0.29) is 12.0 Å². The minimum absolute atomic E-state index is 0.0405. The van der Waals surface area contributed by atoms with E-state index in [0.29, 0.717) is 35.9 Å². The van der Waals surface area contributed by atoms with Crippen molar-refractivity contribution in [1.29, 1.82) is 5.26 Å². The lowest BCUT2D eigenvalue weighted by Gasteiger charge is -2.29. The molecule has 2 atom stereocenters. The number of esters is 1. The van der Waals surface area contributed by atoms with Crippen molar-refractivity contribution in [2.45, 2.75) is 31.9 Å². The summed E-state index contributed by atoms with van der Waals surface area (Å²) in [5, 5.41) is 13.0. The molecule has 1 aromatic rings. The lowest BCUT2D eigenvalue weighted by Crippen LogP contribution is -2.39. The molecule has 1 fully saturated rings. The van der Waals surface area contributed by atoms with Crippen LogP contribution in [0.3, 0.4) is 0 Å². The molecule has 0 amide bonds. The second-order valence-electron chi connectivity index (χ2n) is 4.78. The van der Waals surface area contributed by atoms with Crippen LogP contribution in [0.2, 0.25) is 5.02 Å². The molecule has 1 aliphatic rings. The first-order valence-electron chi connectivity index (χ1n) is 6.88. The van der Waals surface area contributed by atoms with Gasteiger partial charge in [-0.15, -0.1) is 0 Å². The molecule has 1 heterocycles. The fourth-order valence-electron chi connectivity index (χ4n) is 2.28. The van der Waals surface area contributed by atoms with Crippen molar-refractivity contribution < 1.29 is 14.3 Å². The number of nitrogens with one attached hydrogen (secondary N) is 1. The molecular weight excluding hydrogens is 292 g/mol. The van der Waals surface area contributed by atoms with E-state index in [1.54, 1.807) is 25.1 Å². The zero-order chi connectivity index (χ0) is 15.2. The molecule has 1 N–H and O–H groups in total. The molecule has 0 unspecified atom stereocenters. The van der Waals surface area contributed by atoms with Gasteiger partial charge in [0, 0.05) is 24.1 Å². The number of rotatable bonds is 4. The SMILES string of the molecule is CCOC(=O)[C@@H]1C[C@@H](Nc2cc(Cl)ccc2C#N)CCO1. The van der Waals surface area contributed by atoms with Crippen molar-refractivity contribution in [3.8, 4) is 6.07 Å². The van der Waals surface area contributed by atoms with Crippen LogP contribution in [0.5, 0.6) is 0 Å². The lowest BCUT2D eigenvalue weighted by atomic mass is 10.0. The Kier molecular flexibility index (Phi) is 5.43. The fourth-order valence-corrected chi connectivity index (χ4v) is 2.45. The first-order chi connectivity index (χ1) is 10.1. The summed E-state index contributed by atoms with van der Waals surface area (Å²) in [5.74, 6) is -0.337. The van der Waals surface area contributed by atoms with E-state index in [0.717, 1.165) is 6.42 Å². The van der Waals surface area contributed by atoms with Gasteiger partial charge >= 0.3 is 5.97 Å². The molecular formula is C15H17ClN2O3. The maximum Gasteiger partial charge on any atom is 0.335 e. The molecule has 0 bridgehead atoms. The molecule has 21 heavy (non-hydrogen) atoms.